The summed E-state index contributed by atoms with van der Waals surface area (Å²) >= 11 is 3.74. The number of amides is 4. The maximum absolute atomic E-state index is 14.1. The van der Waals surface area contributed by atoms with Gasteiger partial charge in [-0.25, -0.2) is 25.4 Å². The molecule has 62 heavy (non-hydrogen) atoms. The Bertz CT molecular complexity index is 2920. The highest BCUT2D eigenvalue weighted by Gasteiger charge is 2.68. The largest absolute Gasteiger partial charge is 0.345 e. The number of anilines is 2. The van der Waals surface area contributed by atoms with Gasteiger partial charge in [0.2, 0.25) is 23.6 Å². The van der Waals surface area contributed by atoms with Crippen molar-refractivity contribution in [3.8, 4) is 0 Å². The van der Waals surface area contributed by atoms with Gasteiger partial charge in [0.25, 0.3) is 20.0 Å². The summed E-state index contributed by atoms with van der Waals surface area (Å²) in [5.41, 5.74) is 3.69. The number of carbonyl (C=O) groups excluding carboxylic acids is 4. The first kappa shape index (κ1) is 40.1. The number of nitrogens with one attached hydrogen (secondary N) is 2. The average molecular weight is 936 g/mol. The molecule has 316 valence electrons. The lowest BCUT2D eigenvalue weighted by Gasteiger charge is -2.40. The molecule has 4 fully saturated rings. The van der Waals surface area contributed by atoms with E-state index in [0.717, 1.165) is 22.3 Å². The highest BCUT2D eigenvalue weighted by molar-refractivity contribution is 9.09. The molecule has 4 amide bonds. The highest BCUT2D eigenvalue weighted by Crippen LogP contribution is 2.61. The monoisotopic (exact) mass is 934 g/mol. The molecule has 6 atom stereocenters. The SMILES string of the molecule is Cc1ccc([C@]23C[C@H]4C(=O)NCC(=O)N4[C@H]2N(S(=O)(=O)c2ccccc2)c2ccccc23)cc1.O=C1NCC(=O)N2[C@H]1C[C@]1(Br)c3ccccc3N(S(=O)(=O)c3ccccc3)[C@H]21. The van der Waals surface area contributed by atoms with Gasteiger partial charge >= 0.3 is 0 Å². The number of alkyl halides is 1. The van der Waals surface area contributed by atoms with Crippen molar-refractivity contribution in [2.75, 3.05) is 21.7 Å². The van der Waals surface area contributed by atoms with E-state index in [-0.39, 0.29) is 46.5 Å². The number of benzene rings is 5. The van der Waals surface area contributed by atoms with Crippen LogP contribution in [0.15, 0.2) is 143 Å². The Morgan fingerprint density at radius 2 is 0.984 bits per heavy atom. The summed E-state index contributed by atoms with van der Waals surface area (Å²) in [5, 5.41) is 5.28. The van der Waals surface area contributed by atoms with Crippen LogP contribution < -0.4 is 19.2 Å². The third-order valence-corrected chi connectivity index (χ3v) is 17.6. The minimum Gasteiger partial charge on any atom is -0.345 e. The second-order valence-corrected chi connectivity index (χ2v) is 21.2. The summed E-state index contributed by atoms with van der Waals surface area (Å²) in [7, 11) is -8.00. The Kier molecular flexibility index (Phi) is 9.21. The van der Waals surface area contributed by atoms with Crippen LogP contribution in [0.2, 0.25) is 0 Å². The smallest absolute Gasteiger partial charge is 0.266 e. The van der Waals surface area contributed by atoms with Gasteiger partial charge in [0.05, 0.1) is 44.0 Å². The van der Waals surface area contributed by atoms with Gasteiger partial charge in [-0.2, -0.15) is 0 Å². The first-order valence-electron chi connectivity index (χ1n) is 20.0. The minimum absolute atomic E-state index is 0.134. The lowest BCUT2D eigenvalue weighted by Crippen LogP contribution is -2.62. The van der Waals surface area contributed by atoms with Gasteiger partial charge in [-0.15, -0.1) is 0 Å². The van der Waals surface area contributed by atoms with Crippen molar-refractivity contribution in [2.45, 2.75) is 63.7 Å². The van der Waals surface area contributed by atoms with E-state index < -0.39 is 54.2 Å². The molecular weight excluding hydrogens is 897 g/mol. The normalized spacial score (nSPS) is 26.9. The maximum Gasteiger partial charge on any atom is 0.266 e. The van der Waals surface area contributed by atoms with E-state index >= 15 is 0 Å². The molecule has 14 nitrogen and oxygen atoms in total. The average Bonchev–Trinajstić information content (AvgIpc) is 3.97. The molecule has 0 spiro atoms. The third-order valence-electron chi connectivity index (χ3n) is 12.9. The predicted molar refractivity (Wildman–Crippen MR) is 232 cm³/mol. The first-order valence-corrected chi connectivity index (χ1v) is 23.7. The van der Waals surface area contributed by atoms with Crippen molar-refractivity contribution in [3.05, 3.63) is 156 Å². The van der Waals surface area contributed by atoms with Crippen LogP contribution in [-0.2, 0) is 49.0 Å². The molecule has 5 aromatic carbocycles. The van der Waals surface area contributed by atoms with Gasteiger partial charge in [0.1, 0.15) is 24.4 Å². The number of sulfonamides is 2. The minimum atomic E-state index is -4.04. The van der Waals surface area contributed by atoms with Crippen molar-refractivity contribution in [3.63, 3.8) is 0 Å². The van der Waals surface area contributed by atoms with Gasteiger partial charge in [-0.1, -0.05) is 119 Å². The number of halogens is 1. The summed E-state index contributed by atoms with van der Waals surface area (Å²) in [4.78, 5) is 54.6. The molecule has 5 aromatic rings. The number of nitrogens with zero attached hydrogens (tertiary/aromatic N) is 4. The number of carbonyl (C=O) groups is 4. The number of aryl methyl sites for hydroxylation is 1. The molecule has 0 saturated carbocycles. The van der Waals surface area contributed by atoms with Crippen LogP contribution in [0.5, 0.6) is 0 Å². The summed E-state index contributed by atoms with van der Waals surface area (Å²) in [6.45, 7) is 1.71. The molecule has 6 aliphatic heterocycles. The molecule has 0 aliphatic carbocycles. The Morgan fingerprint density at radius 3 is 1.53 bits per heavy atom. The van der Waals surface area contributed by atoms with E-state index in [0.29, 0.717) is 24.2 Å². The molecule has 17 heteroatoms. The van der Waals surface area contributed by atoms with Crippen molar-refractivity contribution >= 4 is 71.0 Å². The van der Waals surface area contributed by atoms with Crippen LogP contribution in [0.25, 0.3) is 0 Å². The van der Waals surface area contributed by atoms with Gasteiger partial charge in [0.15, 0.2) is 0 Å². The fourth-order valence-corrected chi connectivity index (χ4v) is 14.8. The Labute approximate surface area is 366 Å². The molecule has 0 radical (unpaired) electrons. The molecule has 6 aliphatic rings. The van der Waals surface area contributed by atoms with Crippen LogP contribution in [0.3, 0.4) is 0 Å². The third kappa shape index (κ3) is 5.63. The second-order valence-electron chi connectivity index (χ2n) is 16.2. The topological polar surface area (TPSA) is 174 Å². The van der Waals surface area contributed by atoms with E-state index in [1.807, 2.05) is 55.5 Å². The summed E-state index contributed by atoms with van der Waals surface area (Å²) in [6.07, 6.45) is -1.14. The summed E-state index contributed by atoms with van der Waals surface area (Å²) in [6, 6.07) is 37.4. The van der Waals surface area contributed by atoms with Crippen LogP contribution >= 0.6 is 15.9 Å². The number of piperazine rings is 2. The molecule has 0 unspecified atom stereocenters. The lowest BCUT2D eigenvalue weighted by atomic mass is 9.72. The van der Waals surface area contributed by atoms with E-state index in [2.05, 4.69) is 26.6 Å². The molecule has 0 aromatic heterocycles. The zero-order valence-electron chi connectivity index (χ0n) is 33.1. The first-order chi connectivity index (χ1) is 29.7. The van der Waals surface area contributed by atoms with Gasteiger partial charge in [-0.05, 0) is 66.4 Å². The number of fused-ring (bicyclic) bond motifs is 10. The van der Waals surface area contributed by atoms with Gasteiger partial charge < -0.3 is 20.4 Å². The molecule has 2 N–H and O–H groups in total. The fourth-order valence-electron chi connectivity index (χ4n) is 10.2. The number of hydrogen-bond donors (Lipinski definition) is 2. The Hall–Kier alpha value is -6.04. The zero-order chi connectivity index (χ0) is 43.3. The number of para-hydroxylation sites is 2. The molecule has 4 saturated heterocycles. The quantitative estimate of drug-likeness (QED) is 0.248. The van der Waals surface area contributed by atoms with Crippen LogP contribution in [0, 0.1) is 6.92 Å². The summed E-state index contributed by atoms with van der Waals surface area (Å²) in [5.74, 6) is -1.10. The molecule has 0 bridgehead atoms. The molecule has 11 rings (SSSR count). The van der Waals surface area contributed by atoms with Gasteiger partial charge in [0, 0.05) is 6.42 Å². The standard InChI is InChI=1S/C26H23N3O4S.C19H16BrN3O4S/c1-17-11-13-18(14-12-17)26-15-22-24(31)27-16-23(30)28(22)25(26)29(21-10-6-5-9-20(21)26)34(32,33)19-7-3-2-4-8-19;20-19-10-15-17(25)21-11-16(24)22(15)18(19)23(14-9-5-4-8-13(14)19)28(26,27)12-6-2-1-3-7-12/h2-14,22,25H,15-16H2,1H3,(H,27,31);1-9,15,18H,10-11H2,(H,21,25)/t22-,25-,26-;15-,18-,19-/m00/s1. The Balaban J connectivity index is 0.000000151. The Morgan fingerprint density at radius 1 is 0.548 bits per heavy atom. The second kappa shape index (κ2) is 14.3. The number of hydrogen-bond acceptors (Lipinski definition) is 8. The summed E-state index contributed by atoms with van der Waals surface area (Å²) < 4.78 is 57.3. The molecular formula is C45H39BrN6O8S2. The fraction of sp³-hybridized carbons (Fsp3) is 0.244. The van der Waals surface area contributed by atoms with E-state index in [9.17, 15) is 36.0 Å². The molecule has 6 heterocycles. The highest BCUT2D eigenvalue weighted by atomic mass is 79.9. The van der Waals surface area contributed by atoms with E-state index in [1.54, 1.807) is 72.8 Å². The van der Waals surface area contributed by atoms with Crippen molar-refractivity contribution in [1.82, 2.24) is 20.4 Å². The van der Waals surface area contributed by atoms with Crippen molar-refractivity contribution < 1.29 is 36.0 Å². The number of rotatable bonds is 5. The van der Waals surface area contributed by atoms with Gasteiger partial charge in [-0.3, -0.25) is 19.2 Å². The van der Waals surface area contributed by atoms with Crippen LogP contribution in [0.1, 0.15) is 35.1 Å². The lowest BCUT2D eigenvalue weighted by molar-refractivity contribution is -0.145. The van der Waals surface area contributed by atoms with E-state index in [4.69, 9.17) is 0 Å². The predicted octanol–water partition coefficient (Wildman–Crippen LogP) is 4.09. The zero-order valence-corrected chi connectivity index (χ0v) is 36.3. The van der Waals surface area contributed by atoms with Crippen molar-refractivity contribution in [1.29, 1.82) is 0 Å². The van der Waals surface area contributed by atoms with Crippen molar-refractivity contribution in [2.24, 2.45) is 0 Å². The van der Waals surface area contributed by atoms with E-state index in [1.165, 1.54) is 30.5 Å². The maximum atomic E-state index is 14.1. The van der Waals surface area contributed by atoms with Crippen LogP contribution in [0.4, 0.5) is 11.4 Å². The van der Waals surface area contributed by atoms with Crippen LogP contribution in [-0.4, -0.2) is 87.8 Å².